The fraction of sp³-hybridized carbons (Fsp3) is 0.588. The van der Waals surface area contributed by atoms with Gasteiger partial charge >= 0.3 is 11.9 Å². The molecular formula is C34H44O8. The van der Waals surface area contributed by atoms with E-state index in [-0.39, 0.29) is 26.1 Å². The van der Waals surface area contributed by atoms with E-state index in [0.29, 0.717) is 25.7 Å². The standard InChI is InChI=1S/C34H44O8/c1-3-14-26(35)41-29-28(39-22-24-16-8-5-9-17-24)30(40-23-25-18-10-6-11-19-25)33(37)32(20-12-7-13-21-32)34(33,38)31(29)42-27(36)15-4-2/h5-6,8-11,16-19,28-31,37-38H,3-4,7,12-15,20-23H2,1-2H3/t28-,29-,30+,31+,33-,34+/m1/s1. The summed E-state index contributed by atoms with van der Waals surface area (Å²) in [6.07, 6.45) is 0.518. The Bertz CT molecular complexity index is 1200. The van der Waals surface area contributed by atoms with Gasteiger partial charge in [-0.2, -0.15) is 0 Å². The van der Waals surface area contributed by atoms with Crippen LogP contribution in [-0.4, -0.2) is 57.8 Å². The lowest BCUT2D eigenvalue weighted by Gasteiger charge is -2.45. The minimum Gasteiger partial charge on any atom is -0.455 e. The molecular weight excluding hydrogens is 536 g/mol. The van der Waals surface area contributed by atoms with Crippen LogP contribution in [0.3, 0.4) is 0 Å². The monoisotopic (exact) mass is 580 g/mol. The molecule has 3 fully saturated rings. The molecule has 0 amide bonds. The molecule has 0 heterocycles. The number of hydrogen-bond acceptors (Lipinski definition) is 8. The maximum Gasteiger partial charge on any atom is 0.306 e. The predicted molar refractivity (Wildman–Crippen MR) is 155 cm³/mol. The zero-order chi connectivity index (χ0) is 29.8. The van der Waals surface area contributed by atoms with Gasteiger partial charge in [-0.05, 0) is 36.8 Å². The molecule has 2 aromatic carbocycles. The summed E-state index contributed by atoms with van der Waals surface area (Å²) in [4.78, 5) is 26.0. The number of carbonyl (C=O) groups excluding carboxylic acids is 2. The topological polar surface area (TPSA) is 112 Å². The third-order valence-corrected chi connectivity index (χ3v) is 9.42. The summed E-state index contributed by atoms with van der Waals surface area (Å²) in [6, 6.07) is 19.1. The van der Waals surface area contributed by atoms with Crippen molar-refractivity contribution < 1.29 is 38.7 Å². The van der Waals surface area contributed by atoms with Gasteiger partial charge in [0.2, 0.25) is 0 Å². The first-order chi connectivity index (χ1) is 20.3. The van der Waals surface area contributed by atoms with E-state index in [9.17, 15) is 19.8 Å². The molecule has 2 N–H and O–H groups in total. The lowest BCUT2D eigenvalue weighted by molar-refractivity contribution is -0.262. The Balaban J connectivity index is 1.59. The van der Waals surface area contributed by atoms with Gasteiger partial charge in [-0.15, -0.1) is 0 Å². The minimum absolute atomic E-state index is 0.136. The molecule has 0 aliphatic heterocycles. The number of fused-ring (bicyclic) bond motifs is 3. The highest BCUT2D eigenvalue weighted by molar-refractivity contribution is 5.71. The highest BCUT2D eigenvalue weighted by Crippen LogP contribution is 2.77. The first-order valence-corrected chi connectivity index (χ1v) is 15.5. The molecule has 5 rings (SSSR count). The molecule has 8 nitrogen and oxygen atoms in total. The van der Waals surface area contributed by atoms with Gasteiger partial charge in [0.15, 0.2) is 12.2 Å². The number of rotatable bonds is 12. The Labute approximate surface area is 248 Å². The third kappa shape index (κ3) is 5.27. The average Bonchev–Trinajstić information content (AvgIpc) is 3.41. The molecule has 0 radical (unpaired) electrons. The maximum atomic E-state index is 13.0. The second-order valence-corrected chi connectivity index (χ2v) is 12.0. The summed E-state index contributed by atoms with van der Waals surface area (Å²) in [7, 11) is 0. The van der Waals surface area contributed by atoms with Crippen LogP contribution in [0.4, 0.5) is 0 Å². The molecule has 0 aromatic heterocycles. The highest BCUT2D eigenvalue weighted by atomic mass is 16.6. The Morgan fingerprint density at radius 1 is 0.690 bits per heavy atom. The van der Waals surface area contributed by atoms with Crippen molar-refractivity contribution in [3.05, 3.63) is 71.8 Å². The summed E-state index contributed by atoms with van der Waals surface area (Å²) >= 11 is 0. The smallest absolute Gasteiger partial charge is 0.306 e. The molecule has 8 heteroatoms. The van der Waals surface area contributed by atoms with Gasteiger partial charge in [-0.3, -0.25) is 9.59 Å². The van der Waals surface area contributed by atoms with Crippen molar-refractivity contribution in [3.8, 4) is 0 Å². The summed E-state index contributed by atoms with van der Waals surface area (Å²) in [5.41, 5.74) is -2.86. The number of benzene rings is 2. The van der Waals surface area contributed by atoms with Crippen LogP contribution in [0.1, 0.15) is 82.8 Å². The van der Waals surface area contributed by atoms with E-state index in [2.05, 4.69) is 0 Å². The molecule has 3 saturated carbocycles. The van der Waals surface area contributed by atoms with E-state index in [0.717, 1.165) is 30.4 Å². The van der Waals surface area contributed by atoms with E-state index in [1.54, 1.807) is 0 Å². The lowest BCUT2D eigenvalue weighted by Crippen LogP contribution is -2.66. The summed E-state index contributed by atoms with van der Waals surface area (Å²) < 4.78 is 25.1. The Kier molecular flexibility index (Phi) is 9.38. The molecule has 2 aromatic rings. The molecule has 228 valence electrons. The van der Waals surface area contributed by atoms with Crippen LogP contribution in [0.2, 0.25) is 0 Å². The summed E-state index contributed by atoms with van der Waals surface area (Å²) in [5, 5.41) is 25.3. The fourth-order valence-corrected chi connectivity index (χ4v) is 7.45. The second-order valence-electron chi connectivity index (χ2n) is 12.0. The van der Waals surface area contributed by atoms with Crippen molar-refractivity contribution in [1.82, 2.24) is 0 Å². The Hall–Kier alpha value is -2.78. The molecule has 3 aliphatic rings. The van der Waals surface area contributed by atoms with E-state index >= 15 is 0 Å². The number of ether oxygens (including phenoxy) is 4. The van der Waals surface area contributed by atoms with Crippen molar-refractivity contribution in [2.24, 2.45) is 5.41 Å². The van der Waals surface area contributed by atoms with Gasteiger partial charge < -0.3 is 29.2 Å². The minimum atomic E-state index is -1.87. The van der Waals surface area contributed by atoms with Crippen LogP contribution in [0, 0.1) is 5.41 Å². The molecule has 3 aliphatic carbocycles. The van der Waals surface area contributed by atoms with Crippen molar-refractivity contribution in [2.45, 2.75) is 120 Å². The van der Waals surface area contributed by atoms with Crippen molar-refractivity contribution >= 4 is 11.9 Å². The van der Waals surface area contributed by atoms with Gasteiger partial charge in [0.1, 0.15) is 23.4 Å². The van der Waals surface area contributed by atoms with Crippen LogP contribution >= 0.6 is 0 Å². The van der Waals surface area contributed by atoms with Gasteiger partial charge in [0.05, 0.1) is 13.2 Å². The van der Waals surface area contributed by atoms with Crippen molar-refractivity contribution in [2.75, 3.05) is 0 Å². The van der Waals surface area contributed by atoms with Crippen molar-refractivity contribution in [3.63, 3.8) is 0 Å². The van der Waals surface area contributed by atoms with E-state index in [4.69, 9.17) is 18.9 Å². The molecule has 0 unspecified atom stereocenters. The van der Waals surface area contributed by atoms with Crippen LogP contribution < -0.4 is 0 Å². The van der Waals surface area contributed by atoms with E-state index in [1.165, 1.54) is 0 Å². The van der Waals surface area contributed by atoms with E-state index < -0.39 is 53.0 Å². The number of esters is 2. The van der Waals surface area contributed by atoms with Gasteiger partial charge in [0, 0.05) is 18.3 Å². The number of hydrogen-bond donors (Lipinski definition) is 2. The summed E-state index contributed by atoms with van der Waals surface area (Å²) in [5.74, 6) is -1.00. The molecule has 42 heavy (non-hydrogen) atoms. The quantitative estimate of drug-likeness (QED) is 0.337. The highest BCUT2D eigenvalue weighted by Gasteiger charge is 2.96. The van der Waals surface area contributed by atoms with E-state index in [1.807, 2.05) is 74.5 Å². The molecule has 1 spiro atoms. The van der Waals surface area contributed by atoms with Crippen molar-refractivity contribution in [1.29, 1.82) is 0 Å². The first kappa shape index (κ1) is 30.7. The normalized spacial score (nSPS) is 31.2. The number of carbonyl (C=O) groups is 2. The maximum absolute atomic E-state index is 13.0. The molecule has 0 bridgehead atoms. The number of aliphatic hydroxyl groups is 2. The SMILES string of the molecule is CCCC(=O)O[C@@H]1[C@@H](OCc2ccccc2)[C@H](OCc2ccccc2)[C@@]2(O)C3(CCCCC3)[C@@]2(O)[C@H]1OC(=O)CCC. The molecule has 6 atom stereocenters. The van der Waals surface area contributed by atoms with Gasteiger partial charge in [-0.1, -0.05) is 93.8 Å². The zero-order valence-electron chi connectivity index (χ0n) is 24.7. The molecule has 0 saturated heterocycles. The van der Waals surface area contributed by atoms with Gasteiger partial charge in [-0.25, -0.2) is 0 Å². The first-order valence-electron chi connectivity index (χ1n) is 15.5. The predicted octanol–water partition coefficient (Wildman–Crippen LogP) is 5.02. The van der Waals surface area contributed by atoms with Crippen LogP contribution in [-0.2, 0) is 41.8 Å². The van der Waals surface area contributed by atoms with Crippen LogP contribution in [0.15, 0.2) is 60.7 Å². The Morgan fingerprint density at radius 3 is 1.74 bits per heavy atom. The van der Waals surface area contributed by atoms with Crippen LogP contribution in [0.25, 0.3) is 0 Å². The Morgan fingerprint density at radius 2 is 1.19 bits per heavy atom. The lowest BCUT2D eigenvalue weighted by atomic mass is 9.81. The average molecular weight is 581 g/mol. The fourth-order valence-electron chi connectivity index (χ4n) is 7.45. The zero-order valence-corrected chi connectivity index (χ0v) is 24.7. The second kappa shape index (κ2) is 12.8. The largest absolute Gasteiger partial charge is 0.455 e. The third-order valence-electron chi connectivity index (χ3n) is 9.42. The van der Waals surface area contributed by atoms with Gasteiger partial charge in [0.25, 0.3) is 0 Å². The summed E-state index contributed by atoms with van der Waals surface area (Å²) in [6.45, 7) is 4.04. The van der Waals surface area contributed by atoms with Crippen LogP contribution in [0.5, 0.6) is 0 Å².